The van der Waals surface area contributed by atoms with Crippen LogP contribution in [0.15, 0.2) is 48.5 Å². The van der Waals surface area contributed by atoms with Crippen LogP contribution >= 0.6 is 0 Å². The van der Waals surface area contributed by atoms with Crippen LogP contribution in [-0.2, 0) is 26.0 Å². The molecule has 2 saturated heterocycles. The Kier molecular flexibility index (Phi) is 6.98. The summed E-state index contributed by atoms with van der Waals surface area (Å²) in [5, 5.41) is 10.6. The van der Waals surface area contributed by atoms with Crippen LogP contribution in [0.5, 0.6) is 0 Å². The van der Waals surface area contributed by atoms with Gasteiger partial charge < -0.3 is 14.7 Å². The molecule has 0 saturated carbocycles. The first kappa shape index (κ1) is 25.6. The number of aliphatic hydroxyl groups is 1. The number of halogens is 3. The molecule has 3 atom stereocenters. The van der Waals surface area contributed by atoms with E-state index in [4.69, 9.17) is 4.74 Å². The monoisotopic (exact) mass is 512 g/mol. The van der Waals surface area contributed by atoms with E-state index in [0.29, 0.717) is 23.1 Å². The zero-order chi connectivity index (χ0) is 25.4. The summed E-state index contributed by atoms with van der Waals surface area (Å²) in [5.41, 5.74) is 1.74. The van der Waals surface area contributed by atoms with Crippen LogP contribution in [0.1, 0.15) is 25.3 Å². The molecule has 2 N–H and O–H groups in total. The summed E-state index contributed by atoms with van der Waals surface area (Å²) in [5.74, 6) is -7.67. The van der Waals surface area contributed by atoms with Gasteiger partial charge in [-0.25, -0.2) is 26.3 Å². The number of ether oxygens (including phenoxy) is 1. The molecule has 11 heteroatoms. The van der Waals surface area contributed by atoms with Crippen molar-refractivity contribution in [1.29, 1.82) is 0 Å². The summed E-state index contributed by atoms with van der Waals surface area (Å²) in [7, 11) is -4.04. The number of rotatable bonds is 7. The lowest BCUT2D eigenvalue weighted by Crippen LogP contribution is -2.55. The number of carbonyl (C=O) groups is 1. The minimum atomic E-state index is -4.04. The van der Waals surface area contributed by atoms with Crippen molar-refractivity contribution in [3.8, 4) is 11.1 Å². The number of benzene rings is 2. The van der Waals surface area contributed by atoms with Crippen LogP contribution in [0.2, 0.25) is 0 Å². The molecule has 0 spiro atoms. The molecule has 4 rings (SSSR count). The van der Waals surface area contributed by atoms with Gasteiger partial charge in [0.2, 0.25) is 15.8 Å². The molecule has 190 valence electrons. The third kappa shape index (κ3) is 5.37. The van der Waals surface area contributed by atoms with Crippen molar-refractivity contribution in [1.82, 2.24) is 9.62 Å². The van der Waals surface area contributed by atoms with Crippen molar-refractivity contribution in [2.45, 2.75) is 50.0 Å². The van der Waals surface area contributed by atoms with Gasteiger partial charge in [-0.05, 0) is 48.6 Å². The Morgan fingerprint density at radius 3 is 2.51 bits per heavy atom. The van der Waals surface area contributed by atoms with Gasteiger partial charge in [-0.15, -0.1) is 0 Å². The lowest BCUT2D eigenvalue weighted by atomic mass is 9.96. The molecule has 1 unspecified atom stereocenters. The van der Waals surface area contributed by atoms with Gasteiger partial charge in [0.05, 0.1) is 24.9 Å². The van der Waals surface area contributed by atoms with Gasteiger partial charge >= 0.3 is 0 Å². The van der Waals surface area contributed by atoms with Gasteiger partial charge in [0.25, 0.3) is 11.8 Å². The van der Waals surface area contributed by atoms with E-state index in [1.165, 1.54) is 19.1 Å². The van der Waals surface area contributed by atoms with Crippen LogP contribution in [0.25, 0.3) is 11.1 Å². The Morgan fingerprint density at radius 1 is 1.20 bits per heavy atom. The topological polar surface area (TPSA) is 95.9 Å². The summed E-state index contributed by atoms with van der Waals surface area (Å²) in [6.07, 6.45) is 0.219. The van der Waals surface area contributed by atoms with Crippen LogP contribution in [-0.4, -0.2) is 67.0 Å². The summed E-state index contributed by atoms with van der Waals surface area (Å²) >= 11 is 0. The molecule has 7 nitrogen and oxygen atoms in total. The number of alkyl halides is 2. The Morgan fingerprint density at radius 2 is 1.89 bits per heavy atom. The second-order valence-corrected chi connectivity index (χ2v) is 11.0. The number of nitrogens with one attached hydrogen (secondary N) is 1. The number of nitrogens with zero attached hydrogens (tertiary/aromatic N) is 1. The third-order valence-electron chi connectivity index (χ3n) is 6.43. The molecule has 0 bridgehead atoms. The molecule has 35 heavy (non-hydrogen) atoms. The van der Waals surface area contributed by atoms with E-state index in [2.05, 4.69) is 4.72 Å². The quantitative estimate of drug-likeness (QED) is 0.595. The minimum Gasteiger partial charge on any atom is -0.358 e. The van der Waals surface area contributed by atoms with E-state index in [1.54, 1.807) is 36.4 Å². The number of carbonyl (C=O) groups excluding carboxylic acids is 1. The average Bonchev–Trinajstić information content (AvgIpc) is 3.36. The molecule has 2 heterocycles. The molecular weight excluding hydrogens is 485 g/mol. The first-order valence-electron chi connectivity index (χ1n) is 11.3. The lowest BCUT2D eigenvalue weighted by molar-refractivity contribution is -0.201. The molecule has 0 aromatic heterocycles. The lowest BCUT2D eigenvalue weighted by Gasteiger charge is -2.32. The fourth-order valence-corrected chi connectivity index (χ4v) is 5.48. The van der Waals surface area contributed by atoms with Crippen molar-refractivity contribution in [3.63, 3.8) is 0 Å². The fraction of sp³-hybridized carbons (Fsp3) is 0.458. The Bertz CT molecular complexity index is 1200. The van der Waals surface area contributed by atoms with Crippen LogP contribution in [0.3, 0.4) is 0 Å². The summed E-state index contributed by atoms with van der Waals surface area (Å²) in [6.45, 7) is 0.367. The summed E-state index contributed by atoms with van der Waals surface area (Å²) in [4.78, 5) is 14.0. The molecule has 1 amide bonds. The molecule has 2 aliphatic heterocycles. The summed E-state index contributed by atoms with van der Waals surface area (Å²) < 4.78 is 75.7. The molecule has 2 aromatic rings. The number of amides is 1. The van der Waals surface area contributed by atoms with Gasteiger partial charge in [-0.3, -0.25) is 4.79 Å². The van der Waals surface area contributed by atoms with Gasteiger partial charge in [-0.1, -0.05) is 36.4 Å². The van der Waals surface area contributed by atoms with Gasteiger partial charge in [-0.2, -0.15) is 0 Å². The molecule has 2 fully saturated rings. The zero-order valence-corrected chi connectivity index (χ0v) is 19.9. The van der Waals surface area contributed by atoms with E-state index < -0.39 is 57.8 Å². The van der Waals surface area contributed by atoms with E-state index in [-0.39, 0.29) is 19.4 Å². The fourth-order valence-electron chi connectivity index (χ4n) is 4.60. The predicted molar refractivity (Wildman–Crippen MR) is 123 cm³/mol. The minimum absolute atomic E-state index is 0.0406. The second-order valence-electron chi connectivity index (χ2n) is 8.91. The Labute approximate surface area is 201 Å². The van der Waals surface area contributed by atoms with Crippen molar-refractivity contribution in [2.75, 3.05) is 18.9 Å². The molecular formula is C24H27F3N2O5S. The largest absolute Gasteiger partial charge is 0.358 e. The number of hydrogen-bond acceptors (Lipinski definition) is 5. The molecule has 2 aliphatic rings. The first-order valence-corrected chi connectivity index (χ1v) is 13.0. The highest BCUT2D eigenvalue weighted by Crippen LogP contribution is 2.38. The SMILES string of the molecule is CCS(=O)(=O)N[C@@H]1[C@H](Cc2cccc(-c3cccc(F)c3)c2)N(C(=O)C2(O)CCCO2)CC1(F)F. The standard InChI is InChI=1S/C24H27F3N2O5S/c1-2-35(32,33)28-21-20(29(15-23(21,26)27)22(30)24(31)10-5-11-34-24)13-16-6-3-7-17(12-16)18-8-4-9-19(25)14-18/h3-4,6-9,12,14,20-21,28,31H,2,5,10-11,13,15H2,1H3/t20-,21+,24?/m0/s1. The smallest absolute Gasteiger partial charge is 0.283 e. The van der Waals surface area contributed by atoms with E-state index in [0.717, 1.165) is 4.90 Å². The first-order chi connectivity index (χ1) is 16.4. The number of hydrogen-bond donors (Lipinski definition) is 2. The van der Waals surface area contributed by atoms with Crippen LogP contribution in [0, 0.1) is 5.82 Å². The van der Waals surface area contributed by atoms with Gasteiger partial charge in [0.1, 0.15) is 11.9 Å². The van der Waals surface area contributed by atoms with Crippen molar-refractivity contribution in [2.24, 2.45) is 0 Å². The van der Waals surface area contributed by atoms with E-state index in [9.17, 15) is 22.7 Å². The highest BCUT2D eigenvalue weighted by Gasteiger charge is 2.59. The van der Waals surface area contributed by atoms with E-state index >= 15 is 8.78 Å². The molecule has 0 aliphatic carbocycles. The predicted octanol–water partition coefficient (Wildman–Crippen LogP) is 2.69. The highest BCUT2D eigenvalue weighted by atomic mass is 32.2. The maximum absolute atomic E-state index is 15.2. The Hall–Kier alpha value is -2.47. The maximum Gasteiger partial charge on any atom is 0.283 e. The van der Waals surface area contributed by atoms with Crippen LogP contribution in [0.4, 0.5) is 13.2 Å². The average molecular weight is 513 g/mol. The third-order valence-corrected chi connectivity index (χ3v) is 7.81. The zero-order valence-electron chi connectivity index (χ0n) is 19.1. The maximum atomic E-state index is 15.2. The highest BCUT2D eigenvalue weighted by molar-refractivity contribution is 7.89. The summed E-state index contributed by atoms with van der Waals surface area (Å²) in [6, 6.07) is 9.44. The normalized spacial score (nSPS) is 26.3. The van der Waals surface area contributed by atoms with Gasteiger partial charge in [0.15, 0.2) is 0 Å². The van der Waals surface area contributed by atoms with Crippen molar-refractivity contribution >= 4 is 15.9 Å². The van der Waals surface area contributed by atoms with Crippen molar-refractivity contribution in [3.05, 3.63) is 59.9 Å². The Balaban J connectivity index is 1.70. The molecule has 0 radical (unpaired) electrons. The van der Waals surface area contributed by atoms with Crippen molar-refractivity contribution < 1.29 is 36.2 Å². The number of likely N-dealkylation sites (tertiary alicyclic amines) is 1. The number of sulfonamides is 1. The van der Waals surface area contributed by atoms with Gasteiger partial charge in [0, 0.05) is 6.42 Å². The second kappa shape index (κ2) is 9.53. The van der Waals surface area contributed by atoms with Crippen LogP contribution < -0.4 is 4.72 Å². The molecule has 2 aromatic carbocycles. The van der Waals surface area contributed by atoms with E-state index in [1.807, 2.05) is 0 Å².